The van der Waals surface area contributed by atoms with Gasteiger partial charge in [0.1, 0.15) is 12.2 Å². The number of aryl methyl sites for hydroxylation is 1. The second-order valence-corrected chi connectivity index (χ2v) is 5.54. The largest absolute Gasteiger partial charge is 0.312 e. The average molecular weight is 245 g/mol. The molecule has 1 N–H and O–H groups in total. The molecule has 0 saturated heterocycles. The van der Waals surface area contributed by atoms with Crippen molar-refractivity contribution in [2.75, 3.05) is 6.54 Å². The van der Waals surface area contributed by atoms with E-state index in [0.29, 0.717) is 11.5 Å². The predicted octanol–water partition coefficient (Wildman–Crippen LogP) is 1.65. The summed E-state index contributed by atoms with van der Waals surface area (Å²) in [7, 11) is 0. The molecule has 92 valence electrons. The molecule has 0 amide bonds. The number of hydrogen-bond donors (Lipinski definition) is 1. The lowest BCUT2D eigenvalue weighted by Crippen LogP contribution is -2.41. The van der Waals surface area contributed by atoms with Gasteiger partial charge in [0.15, 0.2) is 0 Å². The van der Waals surface area contributed by atoms with Gasteiger partial charge in [-0.3, -0.25) is 0 Å². The Morgan fingerprint density at radius 3 is 2.94 bits per heavy atom. The van der Waals surface area contributed by atoms with E-state index in [2.05, 4.69) is 36.2 Å². The normalized spacial score (nSPS) is 20.1. The minimum atomic E-state index is 0. The fourth-order valence-electron chi connectivity index (χ4n) is 1.85. The number of fused-ring (bicyclic) bond motifs is 1. The number of nitrogens with zero attached hydrogens (tertiary/aromatic N) is 3. The van der Waals surface area contributed by atoms with Crippen LogP contribution in [0, 0.1) is 5.41 Å². The number of hydrogen-bond acceptors (Lipinski definition) is 3. The zero-order valence-corrected chi connectivity index (χ0v) is 11.0. The van der Waals surface area contributed by atoms with Crippen molar-refractivity contribution in [2.45, 2.75) is 46.2 Å². The Balaban J connectivity index is 0.00000128. The third kappa shape index (κ3) is 3.46. The maximum atomic E-state index is 4.22. The van der Waals surface area contributed by atoms with Crippen LogP contribution in [0.25, 0.3) is 0 Å². The third-order valence-electron chi connectivity index (χ3n) is 2.73. The lowest BCUT2D eigenvalue weighted by Gasteiger charge is -2.27. The fourth-order valence-corrected chi connectivity index (χ4v) is 1.85. The molecular formula is C11H21ClN4. The molecule has 0 fully saturated rings. The Hall–Kier alpha value is -0.610. The summed E-state index contributed by atoms with van der Waals surface area (Å²) in [6.45, 7) is 8.78. The molecule has 1 aromatic heterocycles. The van der Waals surface area contributed by atoms with E-state index in [9.17, 15) is 0 Å². The molecule has 0 spiro atoms. The highest BCUT2D eigenvalue weighted by Gasteiger charge is 2.20. The fraction of sp³-hybridized carbons (Fsp3) is 0.818. The van der Waals surface area contributed by atoms with E-state index in [-0.39, 0.29) is 12.4 Å². The van der Waals surface area contributed by atoms with Gasteiger partial charge in [0.2, 0.25) is 0 Å². The third-order valence-corrected chi connectivity index (χ3v) is 2.73. The summed E-state index contributed by atoms with van der Waals surface area (Å²) in [5.41, 5.74) is 0.350. The van der Waals surface area contributed by atoms with Crippen LogP contribution in [0.1, 0.15) is 33.0 Å². The first kappa shape index (κ1) is 13.5. The van der Waals surface area contributed by atoms with E-state index < -0.39 is 0 Å². The zero-order chi connectivity index (χ0) is 10.9. The minimum absolute atomic E-state index is 0. The molecule has 0 bridgehead atoms. The molecule has 2 rings (SSSR count). The molecule has 5 heteroatoms. The molecule has 0 aliphatic carbocycles. The second kappa shape index (κ2) is 5.15. The first-order chi connectivity index (χ1) is 7.04. The summed E-state index contributed by atoms with van der Waals surface area (Å²) < 4.78 is 2.02. The zero-order valence-electron chi connectivity index (χ0n) is 10.2. The number of aromatic nitrogens is 3. The van der Waals surface area contributed by atoms with Crippen LogP contribution >= 0.6 is 12.4 Å². The molecule has 1 aliphatic rings. The topological polar surface area (TPSA) is 42.7 Å². The first-order valence-electron chi connectivity index (χ1n) is 5.65. The van der Waals surface area contributed by atoms with Gasteiger partial charge in [-0.2, -0.15) is 5.10 Å². The summed E-state index contributed by atoms with van der Waals surface area (Å²) in [4.78, 5) is 4.22. The van der Waals surface area contributed by atoms with Gasteiger partial charge >= 0.3 is 0 Å². The monoisotopic (exact) mass is 244 g/mol. The van der Waals surface area contributed by atoms with Crippen molar-refractivity contribution in [2.24, 2.45) is 5.41 Å². The molecule has 1 aliphatic heterocycles. The van der Waals surface area contributed by atoms with E-state index in [1.165, 1.54) is 6.42 Å². The Morgan fingerprint density at radius 1 is 1.50 bits per heavy atom. The van der Waals surface area contributed by atoms with Gasteiger partial charge in [-0.05, 0) is 11.8 Å². The van der Waals surface area contributed by atoms with Crippen molar-refractivity contribution in [3.8, 4) is 0 Å². The minimum Gasteiger partial charge on any atom is -0.312 e. The van der Waals surface area contributed by atoms with Crippen molar-refractivity contribution >= 4 is 12.4 Å². The van der Waals surface area contributed by atoms with Crippen LogP contribution in [0.3, 0.4) is 0 Å². The van der Waals surface area contributed by atoms with Crippen LogP contribution in [-0.2, 0) is 13.0 Å². The average Bonchev–Trinajstić information content (AvgIpc) is 2.60. The second-order valence-electron chi connectivity index (χ2n) is 5.54. The first-order valence-corrected chi connectivity index (χ1v) is 5.65. The van der Waals surface area contributed by atoms with Gasteiger partial charge < -0.3 is 5.32 Å². The molecule has 1 aromatic rings. The standard InChI is InChI=1S/C11H20N4.ClH/c1-11(2,3)7-12-9-4-5-10-13-8-14-15(10)6-9;/h8-9,12H,4-7H2,1-3H3;1H. The molecule has 4 nitrogen and oxygen atoms in total. The van der Waals surface area contributed by atoms with Crippen LogP contribution in [0.2, 0.25) is 0 Å². The van der Waals surface area contributed by atoms with Gasteiger partial charge in [-0.1, -0.05) is 20.8 Å². The highest BCUT2D eigenvalue weighted by molar-refractivity contribution is 5.85. The SMILES string of the molecule is CC(C)(C)CNC1CCc2ncnn2C1.Cl. The van der Waals surface area contributed by atoms with Crippen molar-refractivity contribution in [1.82, 2.24) is 20.1 Å². The van der Waals surface area contributed by atoms with Gasteiger partial charge in [-0.25, -0.2) is 9.67 Å². The maximum Gasteiger partial charge on any atom is 0.138 e. The molecule has 2 heterocycles. The summed E-state index contributed by atoms with van der Waals surface area (Å²) in [6, 6.07) is 0.554. The lowest BCUT2D eigenvalue weighted by atomic mass is 9.96. The van der Waals surface area contributed by atoms with Gasteiger partial charge in [0.05, 0.1) is 6.54 Å². The van der Waals surface area contributed by atoms with Crippen LogP contribution in [0.4, 0.5) is 0 Å². The molecule has 0 aromatic carbocycles. The highest BCUT2D eigenvalue weighted by atomic mass is 35.5. The highest BCUT2D eigenvalue weighted by Crippen LogP contribution is 2.15. The Kier molecular flexibility index (Phi) is 4.33. The van der Waals surface area contributed by atoms with Crippen molar-refractivity contribution in [3.05, 3.63) is 12.2 Å². The summed E-state index contributed by atoms with van der Waals surface area (Å²) in [5, 5.41) is 7.82. The maximum absolute atomic E-state index is 4.22. The van der Waals surface area contributed by atoms with E-state index in [4.69, 9.17) is 0 Å². The van der Waals surface area contributed by atoms with Crippen molar-refractivity contribution < 1.29 is 0 Å². The van der Waals surface area contributed by atoms with Gasteiger partial charge in [0, 0.05) is 19.0 Å². The van der Waals surface area contributed by atoms with E-state index in [1.54, 1.807) is 6.33 Å². The van der Waals surface area contributed by atoms with Crippen molar-refractivity contribution in [3.63, 3.8) is 0 Å². The molecule has 1 unspecified atom stereocenters. The predicted molar refractivity (Wildman–Crippen MR) is 66.8 cm³/mol. The van der Waals surface area contributed by atoms with E-state index in [1.807, 2.05) is 4.68 Å². The molecule has 1 atom stereocenters. The Bertz CT molecular complexity index is 329. The summed E-state index contributed by atoms with van der Waals surface area (Å²) >= 11 is 0. The number of halogens is 1. The number of rotatable bonds is 2. The van der Waals surface area contributed by atoms with Crippen molar-refractivity contribution in [1.29, 1.82) is 0 Å². The lowest BCUT2D eigenvalue weighted by molar-refractivity contribution is 0.301. The summed E-state index contributed by atoms with van der Waals surface area (Å²) in [6.07, 6.45) is 3.87. The number of nitrogens with one attached hydrogen (secondary N) is 1. The van der Waals surface area contributed by atoms with Crippen LogP contribution < -0.4 is 5.32 Å². The molecular weight excluding hydrogens is 224 g/mol. The van der Waals surface area contributed by atoms with Crippen LogP contribution in [-0.4, -0.2) is 27.4 Å². The summed E-state index contributed by atoms with van der Waals surface area (Å²) in [5.74, 6) is 1.13. The smallest absolute Gasteiger partial charge is 0.138 e. The quantitative estimate of drug-likeness (QED) is 0.860. The van der Waals surface area contributed by atoms with Gasteiger partial charge in [-0.15, -0.1) is 12.4 Å². The van der Waals surface area contributed by atoms with Crippen LogP contribution in [0.15, 0.2) is 6.33 Å². The van der Waals surface area contributed by atoms with E-state index in [0.717, 1.165) is 25.3 Å². The van der Waals surface area contributed by atoms with E-state index >= 15 is 0 Å². The molecule has 0 radical (unpaired) electrons. The van der Waals surface area contributed by atoms with Gasteiger partial charge in [0.25, 0.3) is 0 Å². The Morgan fingerprint density at radius 2 is 2.25 bits per heavy atom. The Labute approximate surface area is 103 Å². The molecule has 0 saturated carbocycles. The van der Waals surface area contributed by atoms with Crippen LogP contribution in [0.5, 0.6) is 0 Å². The molecule has 16 heavy (non-hydrogen) atoms.